The van der Waals surface area contributed by atoms with Gasteiger partial charge in [0, 0.05) is 0 Å². The van der Waals surface area contributed by atoms with Crippen molar-refractivity contribution < 1.29 is 21.0 Å². The number of rotatable bonds is 15. The van der Waals surface area contributed by atoms with Gasteiger partial charge in [0.2, 0.25) is 0 Å². The molecule has 0 spiro atoms. The Balaban J connectivity index is 1.93. The Morgan fingerprint density at radius 1 is 0.840 bits per heavy atom. The van der Waals surface area contributed by atoms with Gasteiger partial charge in [-0.2, -0.15) is 8.42 Å². The predicted molar refractivity (Wildman–Crippen MR) is 103 cm³/mol. The van der Waals surface area contributed by atoms with Gasteiger partial charge < -0.3 is 0 Å². The average molecular weight is 397 g/mol. The minimum absolute atomic E-state index is 0.0428. The molecule has 1 fully saturated rings. The van der Waals surface area contributed by atoms with E-state index in [1.54, 1.807) is 0 Å². The molecule has 1 aliphatic rings. The lowest BCUT2D eigenvalue weighted by Gasteiger charge is -2.10. The van der Waals surface area contributed by atoms with Crippen molar-refractivity contribution in [2.24, 2.45) is 0 Å². The van der Waals surface area contributed by atoms with Crippen LogP contribution in [-0.4, -0.2) is 40.2 Å². The maximum atomic E-state index is 11.9. The van der Waals surface area contributed by atoms with Crippen LogP contribution in [0.15, 0.2) is 0 Å². The smallest absolute Gasteiger partial charge is 0.270 e. The van der Waals surface area contributed by atoms with E-state index < -0.39 is 25.2 Å². The summed E-state index contributed by atoms with van der Waals surface area (Å²) in [4.78, 5) is 0. The van der Waals surface area contributed by atoms with Gasteiger partial charge in [-0.1, -0.05) is 77.6 Å². The van der Waals surface area contributed by atoms with Gasteiger partial charge in [0.05, 0.1) is 18.1 Å². The second-order valence-corrected chi connectivity index (χ2v) is 11.3. The number of unbranched alkanes of at least 4 members (excludes halogenated alkanes) is 11. The fraction of sp³-hybridized carbons (Fsp3) is 1.00. The van der Waals surface area contributed by atoms with E-state index in [1.807, 2.05) is 0 Å². The molecular weight excluding hydrogens is 360 g/mol. The molecule has 1 aliphatic heterocycles. The third-order valence-corrected chi connectivity index (χ3v) is 8.54. The Hall–Kier alpha value is -0.140. The first-order valence-electron chi connectivity index (χ1n) is 9.96. The van der Waals surface area contributed by atoms with Crippen LogP contribution in [0.3, 0.4) is 0 Å². The first-order chi connectivity index (χ1) is 11.9. The topological polar surface area (TPSA) is 77.5 Å². The minimum Gasteiger partial charge on any atom is -0.270 e. The highest BCUT2D eigenvalue weighted by molar-refractivity contribution is 7.94. The molecule has 0 aliphatic carbocycles. The fourth-order valence-electron chi connectivity index (χ4n) is 3.20. The van der Waals surface area contributed by atoms with Crippen LogP contribution >= 0.6 is 0 Å². The summed E-state index contributed by atoms with van der Waals surface area (Å²) < 4.78 is 51.6. The Morgan fingerprint density at radius 3 is 1.76 bits per heavy atom. The second kappa shape index (κ2) is 12.3. The first kappa shape index (κ1) is 22.9. The molecular formula is C18H36O5S2. The van der Waals surface area contributed by atoms with E-state index in [4.69, 9.17) is 4.18 Å². The molecule has 1 heterocycles. The van der Waals surface area contributed by atoms with E-state index in [0.717, 1.165) is 19.3 Å². The van der Waals surface area contributed by atoms with Crippen LogP contribution in [0.2, 0.25) is 0 Å². The van der Waals surface area contributed by atoms with Crippen molar-refractivity contribution in [3.05, 3.63) is 0 Å². The summed E-state index contributed by atoms with van der Waals surface area (Å²) in [5.41, 5.74) is 0. The van der Waals surface area contributed by atoms with Crippen molar-refractivity contribution in [1.29, 1.82) is 0 Å². The van der Waals surface area contributed by atoms with Crippen molar-refractivity contribution in [1.82, 2.24) is 0 Å². The molecule has 25 heavy (non-hydrogen) atoms. The summed E-state index contributed by atoms with van der Waals surface area (Å²) in [5.74, 6) is -0.327. The molecule has 7 heteroatoms. The zero-order valence-electron chi connectivity index (χ0n) is 15.7. The van der Waals surface area contributed by atoms with Crippen molar-refractivity contribution >= 4 is 20.0 Å². The number of hydrogen-bond acceptors (Lipinski definition) is 5. The maximum Gasteiger partial charge on any atom is 0.271 e. The predicted octanol–water partition coefficient (Wildman–Crippen LogP) is 4.22. The molecule has 1 saturated heterocycles. The molecule has 0 radical (unpaired) electrons. The highest BCUT2D eigenvalue weighted by Crippen LogP contribution is 2.20. The average Bonchev–Trinajstić information content (AvgIpc) is 2.93. The van der Waals surface area contributed by atoms with E-state index in [9.17, 15) is 16.8 Å². The fourth-order valence-corrected chi connectivity index (χ4v) is 7.13. The third-order valence-electron chi connectivity index (χ3n) is 4.84. The highest BCUT2D eigenvalue weighted by atomic mass is 32.2. The molecule has 0 amide bonds. The van der Waals surface area contributed by atoms with Gasteiger partial charge in [-0.05, 0) is 12.8 Å². The maximum absolute atomic E-state index is 11.9. The van der Waals surface area contributed by atoms with Crippen LogP contribution in [0.4, 0.5) is 0 Å². The van der Waals surface area contributed by atoms with Crippen molar-refractivity contribution in [3.8, 4) is 0 Å². The van der Waals surface area contributed by atoms with Gasteiger partial charge in [0.25, 0.3) is 10.1 Å². The summed E-state index contributed by atoms with van der Waals surface area (Å²) >= 11 is 0. The van der Waals surface area contributed by atoms with E-state index in [-0.39, 0.29) is 24.5 Å². The molecule has 0 bridgehead atoms. The van der Waals surface area contributed by atoms with Crippen LogP contribution in [0.25, 0.3) is 0 Å². The van der Waals surface area contributed by atoms with Crippen molar-refractivity contribution in [2.45, 2.75) is 95.6 Å². The zero-order valence-corrected chi connectivity index (χ0v) is 17.4. The highest BCUT2D eigenvalue weighted by Gasteiger charge is 2.37. The molecule has 0 aromatic rings. The van der Waals surface area contributed by atoms with Gasteiger partial charge in [-0.3, -0.25) is 4.18 Å². The zero-order chi connectivity index (χ0) is 18.6. The number of sulfone groups is 1. The van der Waals surface area contributed by atoms with Gasteiger partial charge in [-0.25, -0.2) is 8.42 Å². The Kier molecular flexibility index (Phi) is 11.3. The Morgan fingerprint density at radius 2 is 1.32 bits per heavy atom. The Labute approximate surface area is 155 Å². The number of hydrogen-bond donors (Lipinski definition) is 0. The van der Waals surface area contributed by atoms with Gasteiger partial charge in [0.15, 0.2) is 9.84 Å². The molecule has 0 aromatic carbocycles. The lowest BCUT2D eigenvalue weighted by atomic mass is 10.1. The summed E-state index contributed by atoms with van der Waals surface area (Å²) in [6.07, 6.45) is 14.8. The van der Waals surface area contributed by atoms with Crippen LogP contribution in [0, 0.1) is 0 Å². The van der Waals surface area contributed by atoms with E-state index >= 15 is 0 Å². The molecule has 0 N–H and O–H groups in total. The van der Waals surface area contributed by atoms with Crippen LogP contribution in [-0.2, 0) is 24.1 Å². The SMILES string of the molecule is CCCCCCCCCCCCCCOS(=O)(=O)[C@H]1CCS(=O)(=O)C1. The van der Waals surface area contributed by atoms with Gasteiger partial charge in [-0.15, -0.1) is 0 Å². The van der Waals surface area contributed by atoms with Crippen molar-refractivity contribution in [3.63, 3.8) is 0 Å². The second-order valence-electron chi connectivity index (χ2n) is 7.23. The summed E-state index contributed by atoms with van der Waals surface area (Å²) in [7, 11) is -6.92. The lowest BCUT2D eigenvalue weighted by molar-refractivity contribution is 0.301. The third kappa shape index (κ3) is 10.6. The molecule has 5 nitrogen and oxygen atoms in total. The standard InChI is InChI=1S/C18H36O5S2/c1-2-3-4-5-6-7-8-9-10-11-12-13-15-23-25(21,22)18-14-16-24(19,20)17-18/h18H,2-17H2,1H3/t18-/m0/s1. The lowest BCUT2D eigenvalue weighted by Crippen LogP contribution is -2.25. The van der Waals surface area contributed by atoms with Gasteiger partial charge >= 0.3 is 0 Å². The van der Waals surface area contributed by atoms with Crippen LogP contribution in [0.5, 0.6) is 0 Å². The molecule has 0 saturated carbocycles. The summed E-state index contributed by atoms with van der Waals surface area (Å²) in [5, 5.41) is -0.866. The normalized spacial score (nSPS) is 20.1. The van der Waals surface area contributed by atoms with E-state index in [2.05, 4.69) is 6.92 Å². The van der Waals surface area contributed by atoms with E-state index in [1.165, 1.54) is 57.8 Å². The van der Waals surface area contributed by atoms with E-state index in [0.29, 0.717) is 0 Å². The van der Waals surface area contributed by atoms with Crippen molar-refractivity contribution in [2.75, 3.05) is 18.1 Å². The van der Waals surface area contributed by atoms with Gasteiger partial charge in [0.1, 0.15) is 5.25 Å². The molecule has 0 unspecified atom stereocenters. The largest absolute Gasteiger partial charge is 0.271 e. The first-order valence-corrected chi connectivity index (χ1v) is 13.3. The molecule has 1 atom stereocenters. The quantitative estimate of drug-likeness (QED) is 0.306. The monoisotopic (exact) mass is 396 g/mol. The van der Waals surface area contributed by atoms with Crippen LogP contribution < -0.4 is 0 Å². The summed E-state index contributed by atoms with van der Waals surface area (Å²) in [6, 6.07) is 0. The summed E-state index contributed by atoms with van der Waals surface area (Å²) in [6.45, 7) is 2.41. The molecule has 0 aromatic heterocycles. The molecule has 1 rings (SSSR count). The molecule has 150 valence electrons. The Bertz CT molecular complexity index is 540. The van der Waals surface area contributed by atoms with Crippen LogP contribution in [0.1, 0.15) is 90.4 Å². The minimum atomic E-state index is -3.72.